The fourth-order valence-corrected chi connectivity index (χ4v) is 1.97. The number of nitrogens with one attached hydrogen (secondary N) is 1. The molecule has 0 fully saturated rings. The molecule has 1 aromatic rings. The highest BCUT2D eigenvalue weighted by atomic mass is 16.3. The number of hydrogen-bond acceptors (Lipinski definition) is 2. The quantitative estimate of drug-likeness (QED) is 0.815. The van der Waals surface area contributed by atoms with Gasteiger partial charge in [-0.2, -0.15) is 0 Å². The second-order valence-electron chi connectivity index (χ2n) is 5.39. The van der Waals surface area contributed by atoms with Crippen LogP contribution >= 0.6 is 0 Å². The van der Waals surface area contributed by atoms with Crippen molar-refractivity contribution in [2.24, 2.45) is 5.92 Å². The second-order valence-corrected chi connectivity index (χ2v) is 5.39. The molecular weight excluding hydrogens is 228 g/mol. The molecule has 0 spiro atoms. The van der Waals surface area contributed by atoms with E-state index in [-0.39, 0.29) is 11.9 Å². The minimum absolute atomic E-state index is 0.128. The Morgan fingerprint density at radius 2 is 2.06 bits per heavy atom. The normalized spacial score (nSPS) is 13.1. The Morgan fingerprint density at radius 1 is 1.39 bits per heavy atom. The van der Waals surface area contributed by atoms with Crippen LogP contribution in [0.1, 0.15) is 50.6 Å². The summed E-state index contributed by atoms with van der Waals surface area (Å²) < 4.78 is 1.92. The summed E-state index contributed by atoms with van der Waals surface area (Å²) in [6, 6.07) is 3.91. The molecule has 1 aromatic heterocycles. The molecule has 0 radical (unpaired) electrons. The highest BCUT2D eigenvalue weighted by Gasteiger charge is 2.14. The first-order valence-corrected chi connectivity index (χ1v) is 6.55. The third kappa shape index (κ3) is 4.18. The zero-order valence-corrected chi connectivity index (χ0v) is 11.7. The fourth-order valence-electron chi connectivity index (χ4n) is 1.97. The number of amides is 1. The third-order valence-electron chi connectivity index (χ3n) is 2.81. The Kier molecular flexibility index (Phi) is 5.41. The minimum atomic E-state index is -0.476. The van der Waals surface area contributed by atoms with Crippen LogP contribution < -0.4 is 5.32 Å². The van der Waals surface area contributed by atoms with Gasteiger partial charge in [-0.3, -0.25) is 4.79 Å². The molecule has 1 rings (SSSR count). The van der Waals surface area contributed by atoms with Crippen molar-refractivity contribution in [2.75, 3.05) is 6.54 Å². The molecule has 0 aliphatic rings. The Balaban J connectivity index is 2.53. The van der Waals surface area contributed by atoms with Crippen molar-refractivity contribution in [1.29, 1.82) is 0 Å². The SMILES string of the molecule is CC(C)CC(O)CNC(=O)c1cccn1C(C)C. The Morgan fingerprint density at radius 3 is 2.61 bits per heavy atom. The van der Waals surface area contributed by atoms with Gasteiger partial charge in [0, 0.05) is 18.8 Å². The van der Waals surface area contributed by atoms with Gasteiger partial charge < -0.3 is 15.0 Å². The number of rotatable bonds is 6. The van der Waals surface area contributed by atoms with E-state index in [4.69, 9.17) is 0 Å². The van der Waals surface area contributed by atoms with E-state index in [9.17, 15) is 9.90 Å². The van der Waals surface area contributed by atoms with Gasteiger partial charge in [-0.05, 0) is 38.3 Å². The standard InChI is InChI=1S/C14H24N2O2/c1-10(2)8-12(17)9-15-14(18)13-6-5-7-16(13)11(3)4/h5-7,10-12,17H,8-9H2,1-4H3,(H,15,18). The summed E-state index contributed by atoms with van der Waals surface area (Å²) in [4.78, 5) is 12.0. The second kappa shape index (κ2) is 6.59. The van der Waals surface area contributed by atoms with Crippen molar-refractivity contribution < 1.29 is 9.90 Å². The Labute approximate surface area is 109 Å². The van der Waals surface area contributed by atoms with E-state index in [1.807, 2.05) is 30.7 Å². The number of hydrogen-bond donors (Lipinski definition) is 2. The summed E-state index contributed by atoms with van der Waals surface area (Å²) in [6.07, 6.45) is 2.12. The van der Waals surface area contributed by atoms with E-state index in [1.165, 1.54) is 0 Å². The predicted molar refractivity (Wildman–Crippen MR) is 72.6 cm³/mol. The van der Waals surface area contributed by atoms with Gasteiger partial charge in [0.2, 0.25) is 0 Å². The molecule has 0 saturated heterocycles. The topological polar surface area (TPSA) is 54.3 Å². The highest BCUT2D eigenvalue weighted by Crippen LogP contribution is 2.10. The van der Waals surface area contributed by atoms with Gasteiger partial charge in [0.15, 0.2) is 0 Å². The summed E-state index contributed by atoms with van der Waals surface area (Å²) in [7, 11) is 0. The summed E-state index contributed by atoms with van der Waals surface area (Å²) in [5, 5.41) is 12.5. The summed E-state index contributed by atoms with van der Waals surface area (Å²) >= 11 is 0. The average molecular weight is 252 g/mol. The molecule has 0 aliphatic heterocycles. The maximum absolute atomic E-state index is 12.0. The minimum Gasteiger partial charge on any atom is -0.391 e. The number of aliphatic hydroxyl groups is 1. The zero-order chi connectivity index (χ0) is 13.7. The molecule has 0 aromatic carbocycles. The van der Waals surface area contributed by atoms with E-state index >= 15 is 0 Å². The number of aliphatic hydroxyl groups excluding tert-OH is 1. The average Bonchev–Trinajstić information content (AvgIpc) is 2.73. The molecule has 1 atom stereocenters. The molecule has 18 heavy (non-hydrogen) atoms. The smallest absolute Gasteiger partial charge is 0.268 e. The highest BCUT2D eigenvalue weighted by molar-refractivity contribution is 5.92. The number of carbonyl (C=O) groups excluding carboxylic acids is 1. The first-order valence-electron chi connectivity index (χ1n) is 6.55. The predicted octanol–water partition coefficient (Wildman–Crippen LogP) is 2.21. The molecular formula is C14H24N2O2. The number of aromatic nitrogens is 1. The van der Waals surface area contributed by atoms with Crippen LogP contribution in [-0.4, -0.2) is 28.2 Å². The van der Waals surface area contributed by atoms with E-state index in [0.29, 0.717) is 24.6 Å². The first kappa shape index (κ1) is 14.8. The fraction of sp³-hybridized carbons (Fsp3) is 0.643. The lowest BCUT2D eigenvalue weighted by Crippen LogP contribution is -2.34. The van der Waals surface area contributed by atoms with Gasteiger partial charge in [0.25, 0.3) is 5.91 Å². The molecule has 1 unspecified atom stereocenters. The maximum Gasteiger partial charge on any atom is 0.268 e. The van der Waals surface area contributed by atoms with Crippen molar-refractivity contribution in [3.8, 4) is 0 Å². The van der Waals surface area contributed by atoms with Crippen molar-refractivity contribution in [3.05, 3.63) is 24.0 Å². The van der Waals surface area contributed by atoms with Gasteiger partial charge in [-0.25, -0.2) is 0 Å². The van der Waals surface area contributed by atoms with Crippen LogP contribution in [0.4, 0.5) is 0 Å². The number of nitrogens with zero attached hydrogens (tertiary/aromatic N) is 1. The lowest BCUT2D eigenvalue weighted by atomic mass is 10.1. The zero-order valence-electron chi connectivity index (χ0n) is 11.7. The van der Waals surface area contributed by atoms with E-state index < -0.39 is 6.10 Å². The summed E-state index contributed by atoms with van der Waals surface area (Å²) in [5.74, 6) is 0.299. The van der Waals surface area contributed by atoms with Crippen LogP contribution in [0.25, 0.3) is 0 Å². The van der Waals surface area contributed by atoms with Crippen LogP contribution in [0.2, 0.25) is 0 Å². The Bertz CT molecular complexity index is 383. The number of carbonyl (C=O) groups is 1. The van der Waals surface area contributed by atoms with Crippen LogP contribution in [0.5, 0.6) is 0 Å². The molecule has 0 saturated carbocycles. The van der Waals surface area contributed by atoms with E-state index in [1.54, 1.807) is 6.07 Å². The lowest BCUT2D eigenvalue weighted by Gasteiger charge is -2.16. The van der Waals surface area contributed by atoms with Gasteiger partial charge >= 0.3 is 0 Å². The van der Waals surface area contributed by atoms with Crippen LogP contribution in [0.15, 0.2) is 18.3 Å². The molecule has 2 N–H and O–H groups in total. The van der Waals surface area contributed by atoms with E-state index in [2.05, 4.69) is 19.2 Å². The van der Waals surface area contributed by atoms with Crippen LogP contribution in [-0.2, 0) is 0 Å². The van der Waals surface area contributed by atoms with Gasteiger partial charge in [0.05, 0.1) is 6.10 Å². The largest absolute Gasteiger partial charge is 0.391 e. The molecule has 0 bridgehead atoms. The van der Waals surface area contributed by atoms with Gasteiger partial charge in [-0.15, -0.1) is 0 Å². The molecule has 4 heteroatoms. The lowest BCUT2D eigenvalue weighted by molar-refractivity contribution is 0.0890. The molecule has 102 valence electrons. The van der Waals surface area contributed by atoms with Crippen molar-refractivity contribution in [2.45, 2.75) is 46.3 Å². The molecule has 1 heterocycles. The monoisotopic (exact) mass is 252 g/mol. The van der Waals surface area contributed by atoms with Crippen molar-refractivity contribution >= 4 is 5.91 Å². The van der Waals surface area contributed by atoms with Crippen LogP contribution in [0.3, 0.4) is 0 Å². The van der Waals surface area contributed by atoms with Gasteiger partial charge in [0.1, 0.15) is 5.69 Å². The maximum atomic E-state index is 12.0. The Hall–Kier alpha value is -1.29. The van der Waals surface area contributed by atoms with Crippen molar-refractivity contribution in [1.82, 2.24) is 9.88 Å². The summed E-state index contributed by atoms with van der Waals surface area (Å²) in [5.41, 5.74) is 0.641. The first-order chi connectivity index (χ1) is 8.41. The summed E-state index contributed by atoms with van der Waals surface area (Å²) in [6.45, 7) is 8.47. The molecule has 0 aliphatic carbocycles. The molecule has 1 amide bonds. The van der Waals surface area contributed by atoms with E-state index in [0.717, 1.165) is 0 Å². The van der Waals surface area contributed by atoms with Gasteiger partial charge in [-0.1, -0.05) is 13.8 Å². The third-order valence-corrected chi connectivity index (χ3v) is 2.81. The van der Waals surface area contributed by atoms with Crippen LogP contribution in [0, 0.1) is 5.92 Å². The molecule has 4 nitrogen and oxygen atoms in total. The van der Waals surface area contributed by atoms with Crippen molar-refractivity contribution in [3.63, 3.8) is 0 Å².